The monoisotopic (exact) mass is 616 g/mol. The molecule has 3 heterocycles. The standard InChI is InChI=1S/C37H32N2O7/c1-23-27(38-36(45-23)32-16-9-19-43-32)22-44-30-18-17-24(20-33(30)42-2)21-39-28-13-7-6-12-26(28)34-29(39)14-8-15-31(34)46-35(37(40)41)25-10-4-3-5-11-25/h3-15,17-20,32,35H,16,21-22H2,1-2H3,(H,40,41). The van der Waals surface area contributed by atoms with Gasteiger partial charge in [-0.1, -0.05) is 60.7 Å². The molecule has 2 aromatic heterocycles. The Labute approximate surface area is 265 Å². The van der Waals surface area contributed by atoms with Crippen LogP contribution in [0.5, 0.6) is 17.2 Å². The molecular formula is C37H32N2O7. The lowest BCUT2D eigenvalue weighted by molar-refractivity contribution is -0.145. The minimum atomic E-state index is -1.15. The number of carbonyl (C=O) groups is 1. The molecule has 1 aliphatic heterocycles. The highest BCUT2D eigenvalue weighted by atomic mass is 16.5. The lowest BCUT2D eigenvalue weighted by Gasteiger charge is -2.17. The summed E-state index contributed by atoms with van der Waals surface area (Å²) in [5, 5.41) is 11.9. The fraction of sp³-hybridized carbons (Fsp3) is 0.189. The van der Waals surface area contributed by atoms with Crippen LogP contribution >= 0.6 is 0 Å². The second kappa shape index (κ2) is 12.4. The van der Waals surface area contributed by atoms with Gasteiger partial charge in [-0.05, 0) is 48.9 Å². The van der Waals surface area contributed by atoms with Gasteiger partial charge in [0.2, 0.25) is 12.0 Å². The van der Waals surface area contributed by atoms with E-state index < -0.39 is 12.1 Å². The number of methoxy groups -OCH3 is 1. The molecule has 46 heavy (non-hydrogen) atoms. The lowest BCUT2D eigenvalue weighted by atomic mass is 10.1. The molecule has 0 fully saturated rings. The number of aliphatic carboxylic acids is 1. The fourth-order valence-electron chi connectivity index (χ4n) is 5.87. The predicted octanol–water partition coefficient (Wildman–Crippen LogP) is 7.91. The van der Waals surface area contributed by atoms with Gasteiger partial charge >= 0.3 is 5.97 Å². The highest BCUT2D eigenvalue weighted by Gasteiger charge is 2.25. The number of hydrogen-bond acceptors (Lipinski definition) is 7. The van der Waals surface area contributed by atoms with Crippen LogP contribution in [0.3, 0.4) is 0 Å². The van der Waals surface area contributed by atoms with Crippen LogP contribution in [0.4, 0.5) is 0 Å². The Morgan fingerprint density at radius 2 is 1.78 bits per heavy atom. The van der Waals surface area contributed by atoms with Crippen molar-refractivity contribution in [2.75, 3.05) is 7.11 Å². The van der Waals surface area contributed by atoms with Crippen molar-refractivity contribution in [3.8, 4) is 17.2 Å². The molecule has 0 aliphatic carbocycles. The molecule has 6 aromatic rings. The SMILES string of the molecule is COc1cc(Cn2c3ccccc3c3c(OC(C(=O)O)c4ccccc4)cccc32)ccc1OCc1nc(C2CC=CO2)oc1C. The first-order chi connectivity index (χ1) is 22.5. The molecule has 2 atom stereocenters. The summed E-state index contributed by atoms with van der Waals surface area (Å²) in [6.07, 6.45) is 2.99. The molecule has 0 saturated carbocycles. The summed E-state index contributed by atoms with van der Waals surface area (Å²) in [4.78, 5) is 16.9. The number of fused-ring (bicyclic) bond motifs is 3. The van der Waals surface area contributed by atoms with Crippen molar-refractivity contribution < 1.29 is 33.3 Å². The Balaban J connectivity index is 1.17. The number of aryl methyl sites for hydroxylation is 1. The zero-order valence-corrected chi connectivity index (χ0v) is 25.4. The Kier molecular flexibility index (Phi) is 7.80. The third-order valence-electron chi connectivity index (χ3n) is 8.14. The highest BCUT2D eigenvalue weighted by molar-refractivity contribution is 6.11. The summed E-state index contributed by atoms with van der Waals surface area (Å²) in [5.41, 5.74) is 4.20. The van der Waals surface area contributed by atoms with E-state index in [9.17, 15) is 9.90 Å². The van der Waals surface area contributed by atoms with Crippen LogP contribution in [-0.2, 0) is 22.7 Å². The zero-order valence-electron chi connectivity index (χ0n) is 25.4. The molecule has 0 radical (unpaired) electrons. The van der Waals surface area contributed by atoms with Gasteiger partial charge in [-0.3, -0.25) is 0 Å². The molecule has 7 rings (SSSR count). The normalized spacial score (nSPS) is 14.8. The van der Waals surface area contributed by atoms with Crippen LogP contribution in [0, 0.1) is 6.92 Å². The Morgan fingerprint density at radius 3 is 2.57 bits per heavy atom. The van der Waals surface area contributed by atoms with Gasteiger partial charge in [0.25, 0.3) is 0 Å². The van der Waals surface area contributed by atoms with Crippen molar-refractivity contribution in [3.63, 3.8) is 0 Å². The first-order valence-electron chi connectivity index (χ1n) is 15.0. The minimum Gasteiger partial charge on any atom is -0.493 e. The number of oxazole rings is 1. The molecule has 0 amide bonds. The van der Waals surface area contributed by atoms with Crippen molar-refractivity contribution >= 4 is 27.8 Å². The largest absolute Gasteiger partial charge is 0.493 e. The summed E-state index contributed by atoms with van der Waals surface area (Å²) in [7, 11) is 1.62. The number of rotatable bonds is 11. The minimum absolute atomic E-state index is 0.202. The third kappa shape index (κ3) is 5.51. The molecule has 0 saturated heterocycles. The average molecular weight is 617 g/mol. The number of aromatic nitrogens is 2. The van der Waals surface area contributed by atoms with Gasteiger partial charge in [0.15, 0.2) is 17.6 Å². The van der Waals surface area contributed by atoms with E-state index in [1.54, 1.807) is 37.6 Å². The van der Waals surface area contributed by atoms with E-state index in [1.165, 1.54) is 0 Å². The molecule has 1 N–H and O–H groups in total. The quantitative estimate of drug-likeness (QED) is 0.157. The maximum atomic E-state index is 12.3. The predicted molar refractivity (Wildman–Crippen MR) is 172 cm³/mol. The van der Waals surface area contributed by atoms with E-state index in [-0.39, 0.29) is 12.7 Å². The van der Waals surface area contributed by atoms with Gasteiger partial charge < -0.3 is 33.0 Å². The van der Waals surface area contributed by atoms with Crippen molar-refractivity contribution in [2.24, 2.45) is 0 Å². The molecule has 2 unspecified atom stereocenters. The second-order valence-electron chi connectivity index (χ2n) is 11.1. The summed E-state index contributed by atoms with van der Waals surface area (Å²) < 4.78 is 31.7. The maximum Gasteiger partial charge on any atom is 0.349 e. The van der Waals surface area contributed by atoms with Crippen LogP contribution in [-0.4, -0.2) is 27.7 Å². The van der Waals surface area contributed by atoms with Gasteiger partial charge in [-0.25, -0.2) is 9.78 Å². The van der Waals surface area contributed by atoms with Crippen molar-refractivity contribution in [1.29, 1.82) is 0 Å². The molecule has 232 valence electrons. The number of benzene rings is 4. The number of para-hydroxylation sites is 1. The van der Waals surface area contributed by atoms with Gasteiger partial charge in [-0.2, -0.15) is 0 Å². The van der Waals surface area contributed by atoms with Gasteiger partial charge in [0.1, 0.15) is 23.8 Å². The number of carboxylic acid groups (broad SMARTS) is 1. The number of ether oxygens (including phenoxy) is 4. The topological polar surface area (TPSA) is 105 Å². The van der Waals surface area contributed by atoms with Crippen molar-refractivity contribution in [1.82, 2.24) is 9.55 Å². The Hall–Kier alpha value is -5.70. The Morgan fingerprint density at radius 1 is 0.978 bits per heavy atom. The molecule has 1 aliphatic rings. The fourth-order valence-corrected chi connectivity index (χ4v) is 5.87. The van der Waals surface area contributed by atoms with E-state index in [1.807, 2.05) is 73.7 Å². The molecule has 9 heteroatoms. The summed E-state index contributed by atoms with van der Waals surface area (Å²) >= 11 is 0. The second-order valence-corrected chi connectivity index (χ2v) is 11.1. The number of nitrogens with zero attached hydrogens (tertiary/aromatic N) is 2. The zero-order chi connectivity index (χ0) is 31.6. The van der Waals surface area contributed by atoms with Crippen LogP contribution in [0.2, 0.25) is 0 Å². The molecule has 0 spiro atoms. The van der Waals surface area contributed by atoms with Crippen molar-refractivity contribution in [3.05, 3.63) is 132 Å². The van der Waals surface area contributed by atoms with Gasteiger partial charge in [0.05, 0.1) is 18.9 Å². The van der Waals surface area contributed by atoms with E-state index in [0.717, 1.165) is 33.8 Å². The van der Waals surface area contributed by atoms with E-state index >= 15 is 0 Å². The first-order valence-corrected chi connectivity index (χ1v) is 15.0. The van der Waals surface area contributed by atoms with Crippen molar-refractivity contribution in [2.45, 2.75) is 38.7 Å². The summed E-state index contributed by atoms with van der Waals surface area (Å²) in [5.74, 6) is 1.87. The van der Waals surface area contributed by atoms with Crippen LogP contribution in [0.1, 0.15) is 47.1 Å². The molecule has 4 aromatic carbocycles. The average Bonchev–Trinajstić information content (AvgIpc) is 3.82. The summed E-state index contributed by atoms with van der Waals surface area (Å²) in [6.45, 7) is 2.62. The van der Waals surface area contributed by atoms with Gasteiger partial charge in [-0.15, -0.1) is 0 Å². The van der Waals surface area contributed by atoms with Gasteiger partial charge in [0, 0.05) is 34.8 Å². The number of carboxylic acids is 1. The third-order valence-corrected chi connectivity index (χ3v) is 8.14. The highest BCUT2D eigenvalue weighted by Crippen LogP contribution is 2.39. The van der Waals surface area contributed by atoms with E-state index in [4.69, 9.17) is 23.4 Å². The maximum absolute atomic E-state index is 12.3. The molecule has 0 bridgehead atoms. The molecule has 9 nitrogen and oxygen atoms in total. The molecular weight excluding hydrogens is 584 g/mol. The van der Waals surface area contributed by atoms with E-state index in [0.29, 0.717) is 46.7 Å². The summed E-state index contributed by atoms with van der Waals surface area (Å²) in [6, 6.07) is 28.6. The van der Waals surface area contributed by atoms with Crippen LogP contribution in [0.25, 0.3) is 21.8 Å². The Bertz CT molecular complexity index is 2050. The van der Waals surface area contributed by atoms with Crippen LogP contribution < -0.4 is 14.2 Å². The first kappa shape index (κ1) is 29.0. The van der Waals surface area contributed by atoms with Crippen LogP contribution in [0.15, 0.2) is 108 Å². The van der Waals surface area contributed by atoms with E-state index in [2.05, 4.69) is 15.6 Å². The smallest absolute Gasteiger partial charge is 0.349 e. The lowest BCUT2D eigenvalue weighted by Crippen LogP contribution is -2.18. The number of hydrogen-bond donors (Lipinski definition) is 1.